The molecule has 0 saturated carbocycles. The Balaban J connectivity index is 0.00000243. The highest BCUT2D eigenvalue weighted by molar-refractivity contribution is 5.94. The molecular weight excluding hydrogens is 348 g/mol. The van der Waals surface area contributed by atoms with Crippen LogP contribution in [0.15, 0.2) is 85.2 Å². The van der Waals surface area contributed by atoms with Gasteiger partial charge in [-0.15, -0.1) is 12.4 Å². The van der Waals surface area contributed by atoms with Crippen LogP contribution in [0.5, 0.6) is 5.75 Å². The maximum atomic E-state index is 12.9. The summed E-state index contributed by atoms with van der Waals surface area (Å²) in [6, 6.07) is 22.9. The molecule has 2 aromatic carbocycles. The summed E-state index contributed by atoms with van der Waals surface area (Å²) in [6.07, 6.45) is 3.37. The van der Waals surface area contributed by atoms with Crippen LogP contribution in [0.25, 0.3) is 0 Å². The van der Waals surface area contributed by atoms with Crippen LogP contribution in [0.3, 0.4) is 0 Å². The van der Waals surface area contributed by atoms with Gasteiger partial charge in [-0.25, -0.2) is 0 Å². The Labute approximate surface area is 159 Å². The second kappa shape index (κ2) is 10.2. The van der Waals surface area contributed by atoms with Crippen LogP contribution in [0, 0.1) is 0 Å². The second-order valence-corrected chi connectivity index (χ2v) is 5.61. The third kappa shape index (κ3) is 5.60. The van der Waals surface area contributed by atoms with Gasteiger partial charge in [0.1, 0.15) is 12.4 Å². The van der Waals surface area contributed by atoms with Crippen molar-refractivity contribution in [1.29, 1.82) is 0 Å². The molecule has 0 unspecified atom stereocenters. The van der Waals surface area contributed by atoms with Crippen molar-refractivity contribution in [3.8, 4) is 5.75 Å². The number of nitrogens with zero attached hydrogens (tertiary/aromatic N) is 2. The number of hydrogen-bond donors (Lipinski definition) is 0. The minimum Gasteiger partial charge on any atom is -0.492 e. The van der Waals surface area contributed by atoms with E-state index in [1.165, 1.54) is 0 Å². The molecule has 0 N–H and O–H groups in total. The van der Waals surface area contributed by atoms with E-state index >= 15 is 0 Å². The van der Waals surface area contributed by atoms with Gasteiger partial charge in [0.25, 0.3) is 5.91 Å². The molecule has 5 heteroatoms. The van der Waals surface area contributed by atoms with E-state index in [0.29, 0.717) is 25.3 Å². The van der Waals surface area contributed by atoms with Crippen LogP contribution in [-0.4, -0.2) is 28.9 Å². The van der Waals surface area contributed by atoms with Gasteiger partial charge in [0.2, 0.25) is 0 Å². The summed E-state index contributed by atoms with van der Waals surface area (Å²) in [5.41, 5.74) is 1.78. The molecule has 1 amide bonds. The van der Waals surface area contributed by atoms with Crippen molar-refractivity contribution in [3.63, 3.8) is 0 Å². The smallest absolute Gasteiger partial charge is 0.254 e. The van der Waals surface area contributed by atoms with E-state index in [1.807, 2.05) is 65.6 Å². The minimum atomic E-state index is 0. The molecule has 0 aliphatic rings. The zero-order valence-corrected chi connectivity index (χ0v) is 15.1. The van der Waals surface area contributed by atoms with Gasteiger partial charge in [-0.1, -0.05) is 48.5 Å². The number of pyridine rings is 1. The Morgan fingerprint density at radius 1 is 0.885 bits per heavy atom. The van der Waals surface area contributed by atoms with E-state index in [-0.39, 0.29) is 18.3 Å². The predicted octanol–water partition coefficient (Wildman–Crippen LogP) is 4.22. The summed E-state index contributed by atoms with van der Waals surface area (Å²) in [6.45, 7) is 1.48. The van der Waals surface area contributed by atoms with E-state index < -0.39 is 0 Å². The first-order valence-corrected chi connectivity index (χ1v) is 8.24. The number of halogens is 1. The van der Waals surface area contributed by atoms with Gasteiger partial charge in [0.15, 0.2) is 0 Å². The molecule has 0 radical (unpaired) electrons. The third-order valence-corrected chi connectivity index (χ3v) is 3.80. The molecule has 134 valence electrons. The van der Waals surface area contributed by atoms with E-state index in [0.717, 1.165) is 11.3 Å². The topological polar surface area (TPSA) is 42.4 Å². The van der Waals surface area contributed by atoms with Crippen molar-refractivity contribution in [2.45, 2.75) is 6.54 Å². The Morgan fingerprint density at radius 3 is 2.15 bits per heavy atom. The van der Waals surface area contributed by atoms with Crippen LogP contribution >= 0.6 is 12.4 Å². The first-order chi connectivity index (χ1) is 12.3. The third-order valence-electron chi connectivity index (χ3n) is 3.80. The number of carbonyl (C=O) groups excluding carboxylic acids is 1. The highest BCUT2D eigenvalue weighted by Gasteiger charge is 2.16. The number of hydrogen-bond acceptors (Lipinski definition) is 3. The number of benzene rings is 2. The average Bonchev–Trinajstić information content (AvgIpc) is 2.69. The maximum absolute atomic E-state index is 12.9. The largest absolute Gasteiger partial charge is 0.492 e. The predicted molar refractivity (Wildman–Crippen MR) is 105 cm³/mol. The second-order valence-electron chi connectivity index (χ2n) is 5.61. The van der Waals surface area contributed by atoms with Crippen LogP contribution < -0.4 is 4.74 Å². The van der Waals surface area contributed by atoms with Gasteiger partial charge in [-0.2, -0.15) is 0 Å². The monoisotopic (exact) mass is 368 g/mol. The van der Waals surface area contributed by atoms with E-state index in [9.17, 15) is 4.79 Å². The average molecular weight is 369 g/mol. The zero-order valence-electron chi connectivity index (χ0n) is 14.3. The molecule has 0 fully saturated rings. The molecule has 4 nitrogen and oxygen atoms in total. The lowest BCUT2D eigenvalue weighted by molar-refractivity contribution is 0.0716. The molecule has 26 heavy (non-hydrogen) atoms. The van der Waals surface area contributed by atoms with Crippen molar-refractivity contribution in [2.75, 3.05) is 13.2 Å². The standard InChI is InChI=1S/C21H20N2O2.ClH/c24-21(19-9-5-2-6-10-19)23(17-18-7-3-1-4-8-18)15-16-25-20-11-13-22-14-12-20;/h1-14H,15-17H2;1H. The number of rotatable bonds is 7. The van der Waals surface area contributed by atoms with Crippen LogP contribution in [0.2, 0.25) is 0 Å². The fourth-order valence-corrected chi connectivity index (χ4v) is 2.53. The molecule has 0 aliphatic carbocycles. The van der Waals surface area contributed by atoms with Crippen molar-refractivity contribution in [3.05, 3.63) is 96.3 Å². The van der Waals surface area contributed by atoms with E-state index in [2.05, 4.69) is 4.98 Å². The Hall–Kier alpha value is -2.85. The van der Waals surface area contributed by atoms with Crippen LogP contribution in [0.4, 0.5) is 0 Å². The number of carbonyl (C=O) groups is 1. The molecule has 0 spiro atoms. The molecule has 3 rings (SSSR count). The van der Waals surface area contributed by atoms with Crippen molar-refractivity contribution in [1.82, 2.24) is 9.88 Å². The van der Waals surface area contributed by atoms with Gasteiger partial charge in [0.05, 0.1) is 6.54 Å². The summed E-state index contributed by atoms with van der Waals surface area (Å²) in [7, 11) is 0. The maximum Gasteiger partial charge on any atom is 0.254 e. The number of ether oxygens (including phenoxy) is 1. The Morgan fingerprint density at radius 2 is 1.50 bits per heavy atom. The normalized spacial score (nSPS) is 9.85. The summed E-state index contributed by atoms with van der Waals surface area (Å²) in [5.74, 6) is 0.754. The van der Waals surface area contributed by atoms with Gasteiger partial charge >= 0.3 is 0 Å². The molecule has 0 atom stereocenters. The Bertz CT molecular complexity index is 783. The fraction of sp³-hybridized carbons (Fsp3) is 0.143. The van der Waals surface area contributed by atoms with Gasteiger partial charge in [-0.3, -0.25) is 9.78 Å². The SMILES string of the molecule is Cl.O=C(c1ccccc1)N(CCOc1ccncc1)Cc1ccccc1. The quantitative estimate of drug-likeness (QED) is 0.627. The molecule has 1 aromatic heterocycles. The van der Waals surface area contributed by atoms with Gasteiger partial charge in [0, 0.05) is 24.5 Å². The lowest BCUT2D eigenvalue weighted by atomic mass is 10.1. The molecule has 0 aliphatic heterocycles. The molecule has 0 bridgehead atoms. The summed E-state index contributed by atoms with van der Waals surface area (Å²) in [4.78, 5) is 18.6. The van der Waals surface area contributed by atoms with Crippen LogP contribution in [0.1, 0.15) is 15.9 Å². The number of amides is 1. The molecule has 3 aromatic rings. The fourth-order valence-electron chi connectivity index (χ4n) is 2.53. The first-order valence-electron chi connectivity index (χ1n) is 8.24. The van der Waals surface area contributed by atoms with E-state index in [1.54, 1.807) is 24.5 Å². The van der Waals surface area contributed by atoms with Crippen molar-refractivity contribution in [2.24, 2.45) is 0 Å². The van der Waals surface area contributed by atoms with Gasteiger partial charge in [-0.05, 0) is 29.8 Å². The van der Waals surface area contributed by atoms with Crippen LogP contribution in [-0.2, 0) is 6.54 Å². The summed E-state index contributed by atoms with van der Waals surface area (Å²) in [5, 5.41) is 0. The summed E-state index contributed by atoms with van der Waals surface area (Å²) >= 11 is 0. The first kappa shape index (κ1) is 19.5. The lowest BCUT2D eigenvalue weighted by Gasteiger charge is -2.23. The minimum absolute atomic E-state index is 0. The highest BCUT2D eigenvalue weighted by Crippen LogP contribution is 2.11. The summed E-state index contributed by atoms with van der Waals surface area (Å²) < 4.78 is 5.73. The number of aromatic nitrogens is 1. The zero-order chi connectivity index (χ0) is 17.3. The lowest BCUT2D eigenvalue weighted by Crippen LogP contribution is -2.34. The molecule has 1 heterocycles. The molecule has 0 saturated heterocycles. The highest BCUT2D eigenvalue weighted by atomic mass is 35.5. The molecular formula is C21H21ClN2O2. The van der Waals surface area contributed by atoms with E-state index in [4.69, 9.17) is 4.74 Å². The van der Waals surface area contributed by atoms with Crippen molar-refractivity contribution < 1.29 is 9.53 Å². The van der Waals surface area contributed by atoms with Crippen molar-refractivity contribution >= 4 is 18.3 Å². The van der Waals surface area contributed by atoms with Gasteiger partial charge < -0.3 is 9.64 Å². The Kier molecular flexibility index (Phi) is 7.65.